The third-order valence-corrected chi connectivity index (χ3v) is 4.93. The van der Waals surface area contributed by atoms with E-state index in [-0.39, 0.29) is 11.7 Å². The van der Waals surface area contributed by atoms with E-state index in [9.17, 15) is 9.90 Å². The fourth-order valence-electron chi connectivity index (χ4n) is 3.49. The Bertz CT molecular complexity index is 520. The van der Waals surface area contributed by atoms with Crippen LogP contribution in [-0.4, -0.2) is 52.5 Å². The van der Waals surface area contributed by atoms with Gasteiger partial charge in [0, 0.05) is 26.2 Å². The molecule has 1 atom stereocenters. The van der Waals surface area contributed by atoms with E-state index in [2.05, 4.69) is 4.90 Å². The lowest BCUT2D eigenvalue weighted by Gasteiger charge is -2.46. The standard InChI is InChI=1S/C17H23NO4/c19-15-2-1-11-22-17(15)7-9-18(10-8-17)12-13-3-5-14(6-4-13)16(20)21/h3-6,15,19H,1-2,7-12H2,(H,20,21)/t15-/m0/s1. The van der Waals surface area contributed by atoms with Gasteiger partial charge >= 0.3 is 5.97 Å². The third kappa shape index (κ3) is 3.16. The molecule has 1 aromatic carbocycles. The average Bonchev–Trinajstić information content (AvgIpc) is 2.53. The lowest BCUT2D eigenvalue weighted by Crippen LogP contribution is -2.55. The predicted octanol–water partition coefficient (Wildman–Crippen LogP) is 1.89. The van der Waals surface area contributed by atoms with Crippen molar-refractivity contribution >= 4 is 5.97 Å². The maximum Gasteiger partial charge on any atom is 0.335 e. The molecular weight excluding hydrogens is 282 g/mol. The van der Waals surface area contributed by atoms with Gasteiger partial charge in [-0.25, -0.2) is 4.79 Å². The van der Waals surface area contributed by atoms with E-state index in [0.717, 1.165) is 57.5 Å². The van der Waals surface area contributed by atoms with Crippen LogP contribution in [-0.2, 0) is 11.3 Å². The predicted molar refractivity (Wildman–Crippen MR) is 81.8 cm³/mol. The van der Waals surface area contributed by atoms with Crippen molar-refractivity contribution in [1.82, 2.24) is 4.90 Å². The molecule has 2 aliphatic rings. The number of nitrogens with zero attached hydrogens (tertiary/aromatic N) is 1. The van der Waals surface area contributed by atoms with Gasteiger partial charge in [0.05, 0.1) is 17.3 Å². The summed E-state index contributed by atoms with van der Waals surface area (Å²) in [6.07, 6.45) is 3.18. The van der Waals surface area contributed by atoms with E-state index in [1.54, 1.807) is 12.1 Å². The molecule has 0 saturated carbocycles. The molecule has 2 aliphatic heterocycles. The molecule has 2 saturated heterocycles. The lowest BCUT2D eigenvalue weighted by atomic mass is 9.82. The first-order valence-electron chi connectivity index (χ1n) is 7.96. The van der Waals surface area contributed by atoms with Crippen LogP contribution in [0.5, 0.6) is 0 Å². The molecular formula is C17H23NO4. The maximum absolute atomic E-state index is 10.9. The van der Waals surface area contributed by atoms with Crippen molar-refractivity contribution < 1.29 is 19.7 Å². The molecule has 22 heavy (non-hydrogen) atoms. The molecule has 0 radical (unpaired) electrons. The zero-order chi connectivity index (χ0) is 15.6. The minimum Gasteiger partial charge on any atom is -0.478 e. The number of carbonyl (C=O) groups is 1. The molecule has 120 valence electrons. The molecule has 0 aromatic heterocycles. The van der Waals surface area contributed by atoms with Crippen molar-refractivity contribution in [1.29, 1.82) is 0 Å². The highest BCUT2D eigenvalue weighted by atomic mass is 16.5. The minimum atomic E-state index is -0.894. The van der Waals surface area contributed by atoms with Crippen molar-refractivity contribution in [2.24, 2.45) is 0 Å². The number of ether oxygens (including phenoxy) is 1. The number of carboxylic acid groups (broad SMARTS) is 1. The Kier molecular flexibility index (Phi) is 4.47. The number of aliphatic hydroxyl groups excluding tert-OH is 1. The van der Waals surface area contributed by atoms with E-state index in [1.165, 1.54) is 0 Å². The summed E-state index contributed by atoms with van der Waals surface area (Å²) in [7, 11) is 0. The molecule has 5 nitrogen and oxygen atoms in total. The number of likely N-dealkylation sites (tertiary alicyclic amines) is 1. The summed E-state index contributed by atoms with van der Waals surface area (Å²) in [5, 5.41) is 19.2. The molecule has 1 aromatic rings. The molecule has 3 rings (SSSR count). The first-order chi connectivity index (χ1) is 10.6. The Labute approximate surface area is 130 Å². The van der Waals surface area contributed by atoms with E-state index < -0.39 is 5.97 Å². The molecule has 0 unspecified atom stereocenters. The van der Waals surface area contributed by atoms with E-state index in [4.69, 9.17) is 9.84 Å². The highest BCUT2D eigenvalue weighted by Crippen LogP contribution is 2.35. The summed E-state index contributed by atoms with van der Waals surface area (Å²) in [5.41, 5.74) is 1.10. The molecule has 2 fully saturated rings. The number of aromatic carboxylic acids is 1. The smallest absolute Gasteiger partial charge is 0.335 e. The number of carboxylic acids is 1. The Morgan fingerprint density at radius 3 is 2.55 bits per heavy atom. The Hall–Kier alpha value is -1.43. The second kappa shape index (κ2) is 6.36. The Morgan fingerprint density at radius 2 is 1.95 bits per heavy atom. The molecule has 0 bridgehead atoms. The van der Waals surface area contributed by atoms with Crippen LogP contribution in [0.1, 0.15) is 41.6 Å². The van der Waals surface area contributed by atoms with Gasteiger partial charge in [-0.15, -0.1) is 0 Å². The van der Waals surface area contributed by atoms with Crippen molar-refractivity contribution in [2.45, 2.75) is 43.9 Å². The number of hydrogen-bond donors (Lipinski definition) is 2. The van der Waals surface area contributed by atoms with Gasteiger partial charge in [-0.05, 0) is 43.4 Å². The summed E-state index contributed by atoms with van der Waals surface area (Å²) in [6, 6.07) is 7.05. The normalized spacial score (nSPS) is 25.2. The van der Waals surface area contributed by atoms with Gasteiger partial charge < -0.3 is 14.9 Å². The van der Waals surface area contributed by atoms with E-state index in [1.807, 2.05) is 12.1 Å². The first-order valence-corrected chi connectivity index (χ1v) is 7.96. The third-order valence-electron chi connectivity index (χ3n) is 4.93. The van der Waals surface area contributed by atoms with Crippen LogP contribution in [0, 0.1) is 0 Å². The monoisotopic (exact) mass is 305 g/mol. The molecule has 2 heterocycles. The number of rotatable bonds is 3. The van der Waals surface area contributed by atoms with Crippen molar-refractivity contribution in [3.63, 3.8) is 0 Å². The van der Waals surface area contributed by atoms with Gasteiger partial charge in [0.25, 0.3) is 0 Å². The molecule has 1 spiro atoms. The summed E-state index contributed by atoms with van der Waals surface area (Å²) in [6.45, 7) is 3.37. The second-order valence-corrected chi connectivity index (χ2v) is 6.35. The number of piperidine rings is 1. The largest absolute Gasteiger partial charge is 0.478 e. The van der Waals surface area contributed by atoms with Gasteiger partial charge in [-0.1, -0.05) is 12.1 Å². The number of aliphatic hydroxyl groups is 1. The quantitative estimate of drug-likeness (QED) is 0.892. The average molecular weight is 305 g/mol. The summed E-state index contributed by atoms with van der Waals surface area (Å²) < 4.78 is 5.92. The summed E-state index contributed by atoms with van der Waals surface area (Å²) in [5.74, 6) is -0.894. The van der Waals surface area contributed by atoms with Crippen LogP contribution in [0.4, 0.5) is 0 Å². The highest BCUT2D eigenvalue weighted by molar-refractivity contribution is 5.87. The van der Waals surface area contributed by atoms with E-state index in [0.29, 0.717) is 5.56 Å². The van der Waals surface area contributed by atoms with Gasteiger partial charge in [0.2, 0.25) is 0 Å². The van der Waals surface area contributed by atoms with Crippen LogP contribution in [0.15, 0.2) is 24.3 Å². The first kappa shape index (κ1) is 15.5. The summed E-state index contributed by atoms with van der Waals surface area (Å²) in [4.78, 5) is 13.2. The van der Waals surface area contributed by atoms with Crippen molar-refractivity contribution in [3.05, 3.63) is 35.4 Å². The van der Waals surface area contributed by atoms with Gasteiger partial charge in [0.15, 0.2) is 0 Å². The number of hydrogen-bond acceptors (Lipinski definition) is 4. The topological polar surface area (TPSA) is 70.0 Å². The molecule has 5 heteroatoms. The van der Waals surface area contributed by atoms with Gasteiger partial charge in [-0.2, -0.15) is 0 Å². The molecule has 0 aliphatic carbocycles. The zero-order valence-electron chi connectivity index (χ0n) is 12.7. The fourth-order valence-corrected chi connectivity index (χ4v) is 3.49. The Balaban J connectivity index is 1.56. The maximum atomic E-state index is 10.9. The van der Waals surface area contributed by atoms with Crippen molar-refractivity contribution in [2.75, 3.05) is 19.7 Å². The number of benzene rings is 1. The molecule has 0 amide bonds. The molecule has 2 N–H and O–H groups in total. The summed E-state index contributed by atoms with van der Waals surface area (Å²) >= 11 is 0. The van der Waals surface area contributed by atoms with Crippen LogP contribution < -0.4 is 0 Å². The fraction of sp³-hybridized carbons (Fsp3) is 0.588. The van der Waals surface area contributed by atoms with Crippen LogP contribution in [0.2, 0.25) is 0 Å². The van der Waals surface area contributed by atoms with E-state index >= 15 is 0 Å². The van der Waals surface area contributed by atoms with Crippen LogP contribution >= 0.6 is 0 Å². The Morgan fingerprint density at radius 1 is 1.27 bits per heavy atom. The SMILES string of the molecule is O=C(O)c1ccc(CN2CCC3(CC2)OCCC[C@@H]3O)cc1. The lowest BCUT2D eigenvalue weighted by molar-refractivity contribution is -0.177. The van der Waals surface area contributed by atoms with Crippen LogP contribution in [0.3, 0.4) is 0 Å². The highest BCUT2D eigenvalue weighted by Gasteiger charge is 2.43. The zero-order valence-corrected chi connectivity index (χ0v) is 12.7. The van der Waals surface area contributed by atoms with Gasteiger partial charge in [0.1, 0.15) is 0 Å². The second-order valence-electron chi connectivity index (χ2n) is 6.35. The minimum absolute atomic E-state index is 0.320. The van der Waals surface area contributed by atoms with Crippen LogP contribution in [0.25, 0.3) is 0 Å². The van der Waals surface area contributed by atoms with Gasteiger partial charge in [-0.3, -0.25) is 4.90 Å². The van der Waals surface area contributed by atoms with Crippen molar-refractivity contribution in [3.8, 4) is 0 Å².